The van der Waals surface area contributed by atoms with E-state index >= 15 is 0 Å². The average Bonchev–Trinajstić information content (AvgIpc) is 2.65. The molecule has 0 fully saturated rings. The van der Waals surface area contributed by atoms with Crippen LogP contribution in [-0.2, 0) is 0 Å². The largest absolute Gasteiger partial charge is 0.497 e. The van der Waals surface area contributed by atoms with E-state index in [9.17, 15) is 4.79 Å². The molecule has 0 atom stereocenters. The number of ether oxygens (including phenoxy) is 1. The monoisotopic (exact) mass is 396 g/mol. The third-order valence-electron chi connectivity index (χ3n) is 3.90. The molecule has 0 bridgehead atoms. The fourth-order valence-electron chi connectivity index (χ4n) is 2.44. The number of carbonyl (C=O) groups excluding carboxylic acids is 1. The molecule has 4 nitrogen and oxygen atoms in total. The Morgan fingerprint density at radius 3 is 2.32 bits per heavy atom. The fourth-order valence-corrected chi connectivity index (χ4v) is 2.71. The van der Waals surface area contributed by atoms with Gasteiger partial charge in [0.2, 0.25) is 0 Å². The Labute approximate surface area is 154 Å². The summed E-state index contributed by atoms with van der Waals surface area (Å²) in [6.07, 6.45) is 0. The van der Waals surface area contributed by atoms with Crippen molar-refractivity contribution in [3.63, 3.8) is 0 Å². The Bertz CT molecular complexity index is 950. The Balaban J connectivity index is 1.78. The maximum atomic E-state index is 12.1. The molecule has 0 aliphatic rings. The zero-order valence-electron chi connectivity index (χ0n) is 13.9. The van der Waals surface area contributed by atoms with Crippen LogP contribution >= 0.6 is 15.9 Å². The van der Waals surface area contributed by atoms with Gasteiger partial charge in [-0.25, -0.2) is 5.43 Å². The van der Waals surface area contributed by atoms with Gasteiger partial charge in [0, 0.05) is 10.0 Å². The van der Waals surface area contributed by atoms with Crippen molar-refractivity contribution in [3.8, 4) is 5.75 Å². The summed E-state index contributed by atoms with van der Waals surface area (Å²) in [6.45, 7) is 1.87. The lowest BCUT2D eigenvalue weighted by molar-refractivity contribution is 0.0955. The second-order valence-electron chi connectivity index (χ2n) is 5.57. The Hall–Kier alpha value is -2.66. The lowest BCUT2D eigenvalue weighted by Crippen LogP contribution is -2.19. The van der Waals surface area contributed by atoms with Crippen LogP contribution in [0.4, 0.5) is 0 Å². The number of rotatable bonds is 4. The highest BCUT2D eigenvalue weighted by atomic mass is 79.9. The molecule has 0 aliphatic heterocycles. The number of amides is 1. The van der Waals surface area contributed by atoms with Crippen molar-refractivity contribution in [1.29, 1.82) is 0 Å². The molecule has 5 heteroatoms. The molecule has 0 aliphatic carbocycles. The van der Waals surface area contributed by atoms with Crippen LogP contribution in [-0.4, -0.2) is 18.7 Å². The van der Waals surface area contributed by atoms with Gasteiger partial charge in [-0.1, -0.05) is 34.1 Å². The summed E-state index contributed by atoms with van der Waals surface area (Å²) in [7, 11) is 1.65. The van der Waals surface area contributed by atoms with E-state index in [1.807, 2.05) is 55.5 Å². The predicted molar refractivity (Wildman–Crippen MR) is 104 cm³/mol. The number of methoxy groups -OCH3 is 1. The van der Waals surface area contributed by atoms with Gasteiger partial charge in [0.05, 0.1) is 12.8 Å². The first-order chi connectivity index (χ1) is 12.1. The highest BCUT2D eigenvalue weighted by molar-refractivity contribution is 9.10. The molecule has 126 valence electrons. The van der Waals surface area contributed by atoms with Crippen LogP contribution in [0.3, 0.4) is 0 Å². The quantitative estimate of drug-likeness (QED) is 0.510. The van der Waals surface area contributed by atoms with Gasteiger partial charge in [0.1, 0.15) is 5.75 Å². The van der Waals surface area contributed by atoms with Crippen LogP contribution < -0.4 is 10.2 Å². The van der Waals surface area contributed by atoms with E-state index in [-0.39, 0.29) is 5.91 Å². The van der Waals surface area contributed by atoms with Gasteiger partial charge >= 0.3 is 0 Å². The molecule has 0 aromatic heterocycles. The number of hydrogen-bond donors (Lipinski definition) is 1. The van der Waals surface area contributed by atoms with Crippen LogP contribution in [0.15, 0.2) is 70.2 Å². The second-order valence-corrected chi connectivity index (χ2v) is 6.49. The molecule has 1 N–H and O–H groups in total. The minimum atomic E-state index is -0.239. The van der Waals surface area contributed by atoms with E-state index < -0.39 is 0 Å². The first-order valence-electron chi connectivity index (χ1n) is 7.75. The summed E-state index contributed by atoms with van der Waals surface area (Å²) >= 11 is 3.35. The van der Waals surface area contributed by atoms with Crippen molar-refractivity contribution in [1.82, 2.24) is 5.43 Å². The standard InChI is InChI=1S/C20H17BrN2O2/c1-13(22-23-20(24)14-5-8-18(21)9-6-14)15-3-4-17-12-19(25-2)10-7-16(17)11-15/h3-12H,1-2H3,(H,23,24)/b22-13-. The number of hydrogen-bond acceptors (Lipinski definition) is 3. The van der Waals surface area contributed by atoms with Crippen LogP contribution in [0, 0.1) is 0 Å². The maximum absolute atomic E-state index is 12.1. The molecule has 0 radical (unpaired) electrons. The Morgan fingerprint density at radius 2 is 1.60 bits per heavy atom. The zero-order valence-corrected chi connectivity index (χ0v) is 15.5. The maximum Gasteiger partial charge on any atom is 0.271 e. The second kappa shape index (κ2) is 7.49. The number of benzene rings is 3. The van der Waals surface area contributed by atoms with Gasteiger partial charge in [0.25, 0.3) is 5.91 Å². The smallest absolute Gasteiger partial charge is 0.271 e. The van der Waals surface area contributed by atoms with E-state index in [0.29, 0.717) is 5.56 Å². The molecule has 0 spiro atoms. The third kappa shape index (κ3) is 4.06. The molecule has 3 aromatic rings. The summed E-state index contributed by atoms with van der Waals surface area (Å²) in [5.74, 6) is 0.588. The highest BCUT2D eigenvalue weighted by Crippen LogP contribution is 2.22. The molecule has 0 saturated heterocycles. The lowest BCUT2D eigenvalue weighted by Gasteiger charge is -2.06. The van der Waals surface area contributed by atoms with Crippen molar-refractivity contribution < 1.29 is 9.53 Å². The molecule has 0 heterocycles. The van der Waals surface area contributed by atoms with Gasteiger partial charge in [0.15, 0.2) is 0 Å². The number of fused-ring (bicyclic) bond motifs is 1. The predicted octanol–water partition coefficient (Wildman–Crippen LogP) is 4.76. The lowest BCUT2D eigenvalue weighted by atomic mass is 10.0. The third-order valence-corrected chi connectivity index (χ3v) is 4.43. The number of carbonyl (C=O) groups is 1. The molecule has 25 heavy (non-hydrogen) atoms. The van der Waals surface area contributed by atoms with E-state index in [4.69, 9.17) is 4.74 Å². The van der Waals surface area contributed by atoms with Crippen LogP contribution in [0.5, 0.6) is 5.75 Å². The van der Waals surface area contributed by atoms with Gasteiger partial charge in [-0.15, -0.1) is 0 Å². The molecule has 0 unspecified atom stereocenters. The molecule has 3 aromatic carbocycles. The summed E-state index contributed by atoms with van der Waals surface area (Å²) < 4.78 is 6.17. The minimum absolute atomic E-state index is 0.239. The van der Waals surface area contributed by atoms with Crippen molar-refractivity contribution >= 4 is 38.3 Å². The molecule has 3 rings (SSSR count). The van der Waals surface area contributed by atoms with Crippen molar-refractivity contribution in [2.24, 2.45) is 5.10 Å². The van der Waals surface area contributed by atoms with Crippen LogP contribution in [0.2, 0.25) is 0 Å². The summed E-state index contributed by atoms with van der Waals surface area (Å²) in [4.78, 5) is 12.1. The van der Waals surface area contributed by atoms with E-state index in [1.54, 1.807) is 19.2 Å². The van der Waals surface area contributed by atoms with Crippen LogP contribution in [0.25, 0.3) is 10.8 Å². The Kier molecular flexibility index (Phi) is 5.14. The minimum Gasteiger partial charge on any atom is -0.497 e. The number of nitrogens with zero attached hydrogens (tertiary/aromatic N) is 1. The van der Waals surface area contributed by atoms with Crippen molar-refractivity contribution in [3.05, 3.63) is 76.3 Å². The highest BCUT2D eigenvalue weighted by Gasteiger charge is 2.05. The van der Waals surface area contributed by atoms with E-state index in [1.165, 1.54) is 0 Å². The molecular weight excluding hydrogens is 380 g/mol. The Morgan fingerprint density at radius 1 is 0.960 bits per heavy atom. The first-order valence-corrected chi connectivity index (χ1v) is 8.54. The van der Waals surface area contributed by atoms with Gasteiger partial charge < -0.3 is 4.74 Å². The molecule has 0 saturated carbocycles. The summed E-state index contributed by atoms with van der Waals surface area (Å²) in [5.41, 5.74) is 4.85. The van der Waals surface area contributed by atoms with E-state index in [0.717, 1.165) is 32.3 Å². The normalized spacial score (nSPS) is 11.4. The van der Waals surface area contributed by atoms with E-state index in [2.05, 4.69) is 26.5 Å². The zero-order chi connectivity index (χ0) is 17.8. The van der Waals surface area contributed by atoms with Crippen molar-refractivity contribution in [2.45, 2.75) is 6.92 Å². The average molecular weight is 397 g/mol. The summed E-state index contributed by atoms with van der Waals surface area (Å²) in [6, 6.07) is 19.1. The summed E-state index contributed by atoms with van der Waals surface area (Å²) in [5, 5.41) is 6.40. The van der Waals surface area contributed by atoms with Gasteiger partial charge in [-0.05, 0) is 65.7 Å². The van der Waals surface area contributed by atoms with Crippen LogP contribution in [0.1, 0.15) is 22.8 Å². The first kappa shape index (κ1) is 17.2. The molecular formula is C20H17BrN2O2. The van der Waals surface area contributed by atoms with Gasteiger partial charge in [-0.3, -0.25) is 4.79 Å². The number of hydrazone groups is 1. The molecule has 1 amide bonds. The number of halogens is 1. The van der Waals surface area contributed by atoms with Gasteiger partial charge in [-0.2, -0.15) is 5.10 Å². The number of nitrogens with one attached hydrogen (secondary N) is 1. The van der Waals surface area contributed by atoms with Crippen molar-refractivity contribution in [2.75, 3.05) is 7.11 Å². The SMILES string of the molecule is COc1ccc2cc(/C(C)=N\NC(=O)c3ccc(Br)cc3)ccc2c1. The fraction of sp³-hybridized carbons (Fsp3) is 0.100. The topological polar surface area (TPSA) is 50.7 Å².